The molecule has 0 saturated heterocycles. The number of nitrogens with two attached hydrogens (primary N) is 1. The summed E-state index contributed by atoms with van der Waals surface area (Å²) >= 11 is 0. The van der Waals surface area contributed by atoms with Gasteiger partial charge >= 0.3 is 0 Å². The Morgan fingerprint density at radius 2 is 2.04 bits per heavy atom. The third-order valence-electron chi connectivity index (χ3n) is 3.43. The fraction of sp³-hybridized carbons (Fsp3) is 0.143. The van der Waals surface area contributed by atoms with Gasteiger partial charge < -0.3 is 5.73 Å². The summed E-state index contributed by atoms with van der Waals surface area (Å²) in [4.78, 5) is 13.9. The monoisotopic (exact) mass is 333 g/mol. The standard InChI is InChI=1S/C14H15N7O.ClH/c1-2-11-10(7-18-19-11)13(22)21(14(15)16)9-3-4-12-8(5-9)6-17-20-12;/h3-7H,2H2,1H3,(H3,15,16)(H,17,20)(H,18,19);1H. The molecular formula is C14H16ClN7O. The van der Waals surface area contributed by atoms with Crippen LogP contribution in [0.2, 0.25) is 0 Å². The molecular weight excluding hydrogens is 318 g/mol. The van der Waals surface area contributed by atoms with Gasteiger partial charge in [-0.15, -0.1) is 12.4 Å². The first kappa shape index (κ1) is 16.5. The van der Waals surface area contributed by atoms with Crippen molar-refractivity contribution in [3.05, 3.63) is 41.9 Å². The van der Waals surface area contributed by atoms with Gasteiger partial charge in [0.1, 0.15) is 0 Å². The van der Waals surface area contributed by atoms with E-state index in [1.165, 1.54) is 6.20 Å². The molecule has 8 nitrogen and oxygen atoms in total. The van der Waals surface area contributed by atoms with Crippen molar-refractivity contribution in [2.75, 3.05) is 4.90 Å². The number of guanidine groups is 1. The Morgan fingerprint density at radius 1 is 1.30 bits per heavy atom. The molecule has 0 aliphatic carbocycles. The zero-order valence-corrected chi connectivity index (χ0v) is 13.1. The Kier molecular flexibility index (Phi) is 4.65. The number of H-pyrrole nitrogens is 2. The second-order valence-corrected chi connectivity index (χ2v) is 4.78. The first-order valence-corrected chi connectivity index (χ1v) is 6.75. The summed E-state index contributed by atoms with van der Waals surface area (Å²) in [7, 11) is 0. The minimum atomic E-state index is -0.388. The molecule has 3 rings (SSSR count). The lowest BCUT2D eigenvalue weighted by Crippen LogP contribution is -2.41. The number of fused-ring (bicyclic) bond motifs is 1. The van der Waals surface area contributed by atoms with Gasteiger partial charge in [0, 0.05) is 11.1 Å². The number of amides is 1. The zero-order chi connectivity index (χ0) is 15.7. The molecule has 0 aliphatic heterocycles. The molecule has 0 aliphatic rings. The van der Waals surface area contributed by atoms with E-state index in [0.717, 1.165) is 15.8 Å². The van der Waals surface area contributed by atoms with E-state index >= 15 is 0 Å². The highest BCUT2D eigenvalue weighted by Gasteiger charge is 2.24. The summed E-state index contributed by atoms with van der Waals surface area (Å²) in [5.41, 5.74) is 8.09. The maximum Gasteiger partial charge on any atom is 0.268 e. The second-order valence-electron chi connectivity index (χ2n) is 4.78. The molecule has 23 heavy (non-hydrogen) atoms. The summed E-state index contributed by atoms with van der Waals surface area (Å²) in [5, 5.41) is 22.0. The molecule has 3 aromatic rings. The number of aromatic nitrogens is 4. The van der Waals surface area contributed by atoms with Crippen molar-refractivity contribution in [1.29, 1.82) is 5.41 Å². The van der Waals surface area contributed by atoms with E-state index in [-0.39, 0.29) is 24.3 Å². The molecule has 2 aromatic heterocycles. The number of nitrogens with zero attached hydrogens (tertiary/aromatic N) is 3. The van der Waals surface area contributed by atoms with Crippen molar-refractivity contribution < 1.29 is 4.79 Å². The summed E-state index contributed by atoms with van der Waals surface area (Å²) in [5.74, 6) is -0.739. The Morgan fingerprint density at radius 3 is 2.74 bits per heavy atom. The first-order valence-electron chi connectivity index (χ1n) is 6.75. The first-order chi connectivity index (χ1) is 10.6. The summed E-state index contributed by atoms with van der Waals surface area (Å²) in [6.45, 7) is 1.92. The van der Waals surface area contributed by atoms with Crippen molar-refractivity contribution in [2.24, 2.45) is 5.73 Å². The second kappa shape index (κ2) is 6.49. The molecule has 0 spiro atoms. The van der Waals surface area contributed by atoms with Crippen LogP contribution in [0, 0.1) is 5.41 Å². The fourth-order valence-electron chi connectivity index (χ4n) is 2.32. The lowest BCUT2D eigenvalue weighted by Gasteiger charge is -2.20. The van der Waals surface area contributed by atoms with Gasteiger partial charge in [-0.2, -0.15) is 10.2 Å². The lowest BCUT2D eigenvalue weighted by atomic mass is 10.1. The van der Waals surface area contributed by atoms with Crippen LogP contribution in [0.25, 0.3) is 10.9 Å². The van der Waals surface area contributed by atoms with E-state index < -0.39 is 0 Å². The topological polar surface area (TPSA) is 128 Å². The molecule has 120 valence electrons. The highest BCUT2D eigenvalue weighted by molar-refractivity contribution is 6.21. The smallest absolute Gasteiger partial charge is 0.268 e. The van der Waals surface area contributed by atoms with Crippen LogP contribution in [0.3, 0.4) is 0 Å². The summed E-state index contributed by atoms with van der Waals surface area (Å²) < 4.78 is 0. The third kappa shape index (κ3) is 2.88. The van der Waals surface area contributed by atoms with Crippen LogP contribution >= 0.6 is 12.4 Å². The van der Waals surface area contributed by atoms with Crippen LogP contribution in [0.1, 0.15) is 23.0 Å². The number of rotatable bonds is 3. The lowest BCUT2D eigenvalue weighted by molar-refractivity contribution is 0.100. The maximum absolute atomic E-state index is 12.7. The molecule has 0 bridgehead atoms. The summed E-state index contributed by atoms with van der Waals surface area (Å²) in [6.07, 6.45) is 3.73. The van der Waals surface area contributed by atoms with Crippen molar-refractivity contribution in [1.82, 2.24) is 20.4 Å². The largest absolute Gasteiger partial charge is 0.369 e. The van der Waals surface area contributed by atoms with Crippen molar-refractivity contribution in [3.63, 3.8) is 0 Å². The number of hydrogen-bond donors (Lipinski definition) is 4. The highest BCUT2D eigenvalue weighted by Crippen LogP contribution is 2.22. The number of aromatic amines is 2. The van der Waals surface area contributed by atoms with Gasteiger partial charge in [0.2, 0.25) is 0 Å². The van der Waals surface area contributed by atoms with Gasteiger partial charge in [-0.05, 0) is 24.6 Å². The van der Waals surface area contributed by atoms with Crippen LogP contribution in [-0.2, 0) is 6.42 Å². The SMILES string of the molecule is CCc1[nH]ncc1C(=O)N(C(=N)N)c1ccc2[nH]ncc2c1.Cl. The molecule has 1 aromatic carbocycles. The number of hydrogen-bond acceptors (Lipinski definition) is 4. The van der Waals surface area contributed by atoms with Gasteiger partial charge in [-0.25, -0.2) is 4.90 Å². The molecule has 1 amide bonds. The van der Waals surface area contributed by atoms with Crippen molar-refractivity contribution >= 4 is 40.9 Å². The molecule has 5 N–H and O–H groups in total. The van der Waals surface area contributed by atoms with E-state index in [2.05, 4.69) is 20.4 Å². The Hall–Kier alpha value is -2.87. The highest BCUT2D eigenvalue weighted by atomic mass is 35.5. The number of carbonyl (C=O) groups is 1. The maximum atomic E-state index is 12.7. The summed E-state index contributed by atoms with van der Waals surface area (Å²) in [6, 6.07) is 5.26. The molecule has 0 unspecified atom stereocenters. The molecule has 2 heterocycles. The van der Waals surface area contributed by atoms with E-state index in [1.807, 2.05) is 6.92 Å². The quantitative estimate of drug-likeness (QED) is 0.430. The minimum Gasteiger partial charge on any atom is -0.369 e. The minimum absolute atomic E-state index is 0. The molecule has 0 atom stereocenters. The molecule has 0 fully saturated rings. The van der Waals surface area contributed by atoms with Crippen LogP contribution in [0.4, 0.5) is 5.69 Å². The van der Waals surface area contributed by atoms with Crippen molar-refractivity contribution in [3.8, 4) is 0 Å². The molecule has 9 heteroatoms. The Labute approximate surface area is 138 Å². The zero-order valence-electron chi connectivity index (χ0n) is 12.3. The number of carbonyl (C=O) groups excluding carboxylic acids is 1. The Bertz CT molecular complexity index is 854. The van der Waals surface area contributed by atoms with Crippen molar-refractivity contribution in [2.45, 2.75) is 13.3 Å². The van der Waals surface area contributed by atoms with E-state index in [4.69, 9.17) is 11.1 Å². The molecule has 0 saturated carbocycles. The van der Waals surface area contributed by atoms with Crippen LogP contribution < -0.4 is 10.6 Å². The number of benzene rings is 1. The van der Waals surface area contributed by atoms with Crippen LogP contribution in [0.15, 0.2) is 30.6 Å². The molecule has 0 radical (unpaired) electrons. The van der Waals surface area contributed by atoms with E-state index in [0.29, 0.717) is 23.4 Å². The van der Waals surface area contributed by atoms with Gasteiger partial charge in [0.25, 0.3) is 5.91 Å². The number of nitrogens with one attached hydrogen (secondary N) is 3. The number of aryl methyl sites for hydroxylation is 1. The van der Waals surface area contributed by atoms with E-state index in [1.54, 1.807) is 24.4 Å². The van der Waals surface area contributed by atoms with Gasteiger partial charge in [-0.1, -0.05) is 6.92 Å². The van der Waals surface area contributed by atoms with Crippen LogP contribution in [0.5, 0.6) is 0 Å². The average molecular weight is 334 g/mol. The third-order valence-corrected chi connectivity index (χ3v) is 3.43. The van der Waals surface area contributed by atoms with Gasteiger partial charge in [-0.3, -0.25) is 20.4 Å². The van der Waals surface area contributed by atoms with Gasteiger partial charge in [0.15, 0.2) is 5.96 Å². The van der Waals surface area contributed by atoms with Gasteiger partial charge in [0.05, 0.1) is 29.2 Å². The predicted molar refractivity (Wildman–Crippen MR) is 90.0 cm³/mol. The predicted octanol–water partition coefficient (Wildman–Crippen LogP) is 1.81. The fourth-order valence-corrected chi connectivity index (χ4v) is 2.32. The Balaban J connectivity index is 0.00000192. The number of halogens is 1. The van der Waals surface area contributed by atoms with Crippen LogP contribution in [-0.4, -0.2) is 32.3 Å². The van der Waals surface area contributed by atoms with E-state index in [9.17, 15) is 4.79 Å². The average Bonchev–Trinajstić information content (AvgIpc) is 3.15. The normalized spacial score (nSPS) is 10.3. The number of anilines is 1.